The number of rotatable bonds is 4. The standard InChI is InChI=1S/C22H20Cl2N2O2/c23-15-5-6-18(19(24)13-15)21(26-11-8-14(9-12-26)22(27)28)17-7-10-25-20-4-2-1-3-16(17)20/h1-7,10,13-14,21H,8-9,11-12H2,(H,27,28). The molecule has 0 aliphatic carbocycles. The van der Waals surface area contributed by atoms with Crippen LogP contribution in [0.4, 0.5) is 0 Å². The number of hydrogen-bond acceptors (Lipinski definition) is 3. The van der Waals surface area contributed by atoms with Gasteiger partial charge < -0.3 is 5.11 Å². The van der Waals surface area contributed by atoms with Crippen molar-refractivity contribution in [1.82, 2.24) is 9.88 Å². The van der Waals surface area contributed by atoms with Crippen molar-refractivity contribution >= 4 is 40.1 Å². The molecule has 1 saturated heterocycles. The van der Waals surface area contributed by atoms with E-state index in [4.69, 9.17) is 23.2 Å². The molecule has 2 aromatic carbocycles. The Hall–Kier alpha value is -2.14. The van der Waals surface area contributed by atoms with Gasteiger partial charge in [0.25, 0.3) is 0 Å². The number of carboxylic acids is 1. The zero-order chi connectivity index (χ0) is 19.7. The molecule has 0 saturated carbocycles. The second-order valence-electron chi connectivity index (χ2n) is 7.13. The van der Waals surface area contributed by atoms with Gasteiger partial charge in [0.15, 0.2) is 0 Å². The molecule has 3 aromatic rings. The molecular formula is C22H20Cl2N2O2. The Morgan fingerprint density at radius 3 is 2.54 bits per heavy atom. The third kappa shape index (κ3) is 3.72. The molecule has 4 nitrogen and oxygen atoms in total. The number of aliphatic carboxylic acids is 1. The highest BCUT2D eigenvalue weighted by atomic mass is 35.5. The Morgan fingerprint density at radius 2 is 1.82 bits per heavy atom. The minimum Gasteiger partial charge on any atom is -0.481 e. The first-order valence-electron chi connectivity index (χ1n) is 9.30. The number of piperidine rings is 1. The Balaban J connectivity index is 1.81. The van der Waals surface area contributed by atoms with Gasteiger partial charge in [-0.05, 0) is 61.3 Å². The van der Waals surface area contributed by atoms with Crippen molar-refractivity contribution in [3.05, 3.63) is 75.9 Å². The number of para-hydroxylation sites is 1. The smallest absolute Gasteiger partial charge is 0.306 e. The van der Waals surface area contributed by atoms with Crippen LogP contribution in [0.5, 0.6) is 0 Å². The van der Waals surface area contributed by atoms with Gasteiger partial charge in [0, 0.05) is 21.6 Å². The van der Waals surface area contributed by atoms with Crippen LogP contribution in [0.1, 0.15) is 30.0 Å². The van der Waals surface area contributed by atoms with Crippen molar-refractivity contribution in [2.75, 3.05) is 13.1 Å². The van der Waals surface area contributed by atoms with E-state index in [9.17, 15) is 9.90 Å². The number of carbonyl (C=O) groups is 1. The molecule has 2 heterocycles. The molecule has 1 fully saturated rings. The second kappa shape index (κ2) is 8.08. The molecule has 0 spiro atoms. The van der Waals surface area contributed by atoms with E-state index in [1.54, 1.807) is 6.07 Å². The Kier molecular flexibility index (Phi) is 5.54. The fraction of sp³-hybridized carbons (Fsp3) is 0.273. The minimum absolute atomic E-state index is 0.0904. The zero-order valence-electron chi connectivity index (χ0n) is 15.2. The molecule has 28 heavy (non-hydrogen) atoms. The van der Waals surface area contributed by atoms with Crippen molar-refractivity contribution in [3.8, 4) is 0 Å². The van der Waals surface area contributed by atoms with Gasteiger partial charge in [0.1, 0.15) is 0 Å². The molecule has 0 radical (unpaired) electrons. The van der Waals surface area contributed by atoms with E-state index in [1.807, 2.05) is 42.6 Å². The molecule has 0 amide bonds. The van der Waals surface area contributed by atoms with Gasteiger partial charge in [-0.3, -0.25) is 14.7 Å². The van der Waals surface area contributed by atoms with Crippen LogP contribution in [0.3, 0.4) is 0 Å². The average molecular weight is 415 g/mol. The van der Waals surface area contributed by atoms with Crippen LogP contribution in [0.25, 0.3) is 10.9 Å². The first kappa shape index (κ1) is 19.2. The molecule has 0 bridgehead atoms. The summed E-state index contributed by atoms with van der Waals surface area (Å²) in [5.41, 5.74) is 3.01. The van der Waals surface area contributed by atoms with E-state index < -0.39 is 5.97 Å². The van der Waals surface area contributed by atoms with Crippen LogP contribution in [0.2, 0.25) is 10.0 Å². The maximum Gasteiger partial charge on any atom is 0.306 e. The number of halogens is 2. The summed E-state index contributed by atoms with van der Waals surface area (Å²) in [5, 5.41) is 11.6. The molecular weight excluding hydrogens is 395 g/mol. The van der Waals surface area contributed by atoms with E-state index in [-0.39, 0.29) is 12.0 Å². The molecule has 1 aliphatic rings. The van der Waals surface area contributed by atoms with Gasteiger partial charge in [-0.1, -0.05) is 47.5 Å². The summed E-state index contributed by atoms with van der Waals surface area (Å²) >= 11 is 12.7. The van der Waals surface area contributed by atoms with E-state index in [2.05, 4.69) is 16.0 Å². The number of pyridine rings is 1. The number of nitrogens with zero attached hydrogens (tertiary/aromatic N) is 2. The number of benzene rings is 2. The highest BCUT2D eigenvalue weighted by molar-refractivity contribution is 6.35. The lowest BCUT2D eigenvalue weighted by Gasteiger charge is -2.37. The topological polar surface area (TPSA) is 53.4 Å². The second-order valence-corrected chi connectivity index (χ2v) is 7.98. The largest absolute Gasteiger partial charge is 0.481 e. The lowest BCUT2D eigenvalue weighted by atomic mass is 9.90. The predicted octanol–water partition coefficient (Wildman–Crippen LogP) is 5.43. The van der Waals surface area contributed by atoms with Crippen LogP contribution >= 0.6 is 23.2 Å². The third-order valence-corrected chi connectivity index (χ3v) is 6.04. The van der Waals surface area contributed by atoms with Crippen LogP contribution in [0.15, 0.2) is 54.7 Å². The van der Waals surface area contributed by atoms with Gasteiger partial charge in [0.05, 0.1) is 17.5 Å². The lowest BCUT2D eigenvalue weighted by Crippen LogP contribution is -2.39. The summed E-state index contributed by atoms with van der Waals surface area (Å²) in [6.07, 6.45) is 3.07. The minimum atomic E-state index is -0.713. The first-order valence-corrected chi connectivity index (χ1v) is 10.1. The summed E-state index contributed by atoms with van der Waals surface area (Å²) in [6, 6.07) is 15.6. The average Bonchev–Trinajstić information content (AvgIpc) is 2.70. The number of carboxylic acid groups (broad SMARTS) is 1. The molecule has 4 rings (SSSR count). The van der Waals surface area contributed by atoms with Crippen LogP contribution in [-0.4, -0.2) is 34.0 Å². The number of aromatic nitrogens is 1. The first-order chi connectivity index (χ1) is 13.5. The maximum absolute atomic E-state index is 11.4. The molecule has 1 atom stereocenters. The van der Waals surface area contributed by atoms with Crippen molar-refractivity contribution in [1.29, 1.82) is 0 Å². The molecule has 1 aliphatic heterocycles. The molecule has 1 unspecified atom stereocenters. The third-order valence-electron chi connectivity index (χ3n) is 5.48. The quantitative estimate of drug-likeness (QED) is 0.618. The zero-order valence-corrected chi connectivity index (χ0v) is 16.7. The Morgan fingerprint density at radius 1 is 1.07 bits per heavy atom. The highest BCUT2D eigenvalue weighted by Crippen LogP contribution is 2.39. The Labute approximate surface area is 173 Å². The summed E-state index contributed by atoms with van der Waals surface area (Å²) in [5.74, 6) is -0.998. The molecule has 144 valence electrons. The van der Waals surface area contributed by atoms with Crippen LogP contribution in [0, 0.1) is 5.92 Å². The number of fused-ring (bicyclic) bond motifs is 1. The maximum atomic E-state index is 11.4. The van der Waals surface area contributed by atoms with E-state index in [0.29, 0.717) is 36.0 Å². The monoisotopic (exact) mass is 414 g/mol. The summed E-state index contributed by atoms with van der Waals surface area (Å²) in [6.45, 7) is 1.38. The van der Waals surface area contributed by atoms with Crippen molar-refractivity contribution < 1.29 is 9.90 Å². The fourth-order valence-corrected chi connectivity index (χ4v) is 4.56. The normalized spacial score (nSPS) is 16.9. The van der Waals surface area contributed by atoms with Crippen molar-refractivity contribution in [2.45, 2.75) is 18.9 Å². The number of likely N-dealkylation sites (tertiary alicyclic amines) is 1. The summed E-state index contributed by atoms with van der Waals surface area (Å²) < 4.78 is 0. The van der Waals surface area contributed by atoms with Crippen LogP contribution < -0.4 is 0 Å². The molecule has 1 aromatic heterocycles. The van der Waals surface area contributed by atoms with E-state index in [0.717, 1.165) is 22.0 Å². The van der Waals surface area contributed by atoms with Gasteiger partial charge >= 0.3 is 5.97 Å². The van der Waals surface area contributed by atoms with Gasteiger partial charge in [-0.2, -0.15) is 0 Å². The van der Waals surface area contributed by atoms with Gasteiger partial charge in [-0.15, -0.1) is 0 Å². The predicted molar refractivity (Wildman–Crippen MR) is 112 cm³/mol. The van der Waals surface area contributed by atoms with Crippen molar-refractivity contribution in [3.63, 3.8) is 0 Å². The fourth-order valence-electron chi connectivity index (χ4n) is 4.05. The molecule has 6 heteroatoms. The molecule has 1 N–H and O–H groups in total. The highest BCUT2D eigenvalue weighted by Gasteiger charge is 2.32. The summed E-state index contributed by atoms with van der Waals surface area (Å²) in [4.78, 5) is 18.2. The van der Waals surface area contributed by atoms with E-state index >= 15 is 0 Å². The lowest BCUT2D eigenvalue weighted by molar-refractivity contribution is -0.143. The SMILES string of the molecule is O=C(O)C1CCN(C(c2ccc(Cl)cc2Cl)c2ccnc3ccccc23)CC1. The number of hydrogen-bond donors (Lipinski definition) is 1. The van der Waals surface area contributed by atoms with Gasteiger partial charge in [-0.25, -0.2) is 0 Å². The van der Waals surface area contributed by atoms with E-state index in [1.165, 1.54) is 0 Å². The van der Waals surface area contributed by atoms with Crippen LogP contribution in [-0.2, 0) is 4.79 Å². The summed E-state index contributed by atoms with van der Waals surface area (Å²) in [7, 11) is 0. The Bertz CT molecular complexity index is 1010. The van der Waals surface area contributed by atoms with Gasteiger partial charge in [0.2, 0.25) is 0 Å². The van der Waals surface area contributed by atoms with Crippen molar-refractivity contribution in [2.24, 2.45) is 5.92 Å².